The molecule has 0 fully saturated rings. The number of nitriles is 1. The van der Waals surface area contributed by atoms with Crippen LogP contribution in [0, 0.1) is 29.6 Å². The smallest absolute Gasteiger partial charge is 0.306 e. The van der Waals surface area contributed by atoms with E-state index in [0.717, 1.165) is 0 Å². The first-order chi connectivity index (χ1) is 5.70. The van der Waals surface area contributed by atoms with Crippen molar-refractivity contribution < 1.29 is 9.53 Å². The molecule has 0 aliphatic carbocycles. The van der Waals surface area contributed by atoms with Gasteiger partial charge in [0.2, 0.25) is 0 Å². The van der Waals surface area contributed by atoms with E-state index < -0.39 is 0 Å². The Kier molecular flexibility index (Phi) is 5.47. The summed E-state index contributed by atoms with van der Waals surface area (Å²) in [5.74, 6) is 1.75. The number of nitrogens with zero attached hydrogens (tertiary/aromatic N) is 1. The molecule has 1 unspecified atom stereocenters. The van der Waals surface area contributed by atoms with Gasteiger partial charge in [-0.2, -0.15) is 5.26 Å². The molecule has 1 atom stereocenters. The second-order valence-corrected chi connectivity index (χ2v) is 2.43. The van der Waals surface area contributed by atoms with Crippen molar-refractivity contribution in [3.05, 3.63) is 0 Å². The van der Waals surface area contributed by atoms with Crippen molar-refractivity contribution in [2.45, 2.75) is 19.8 Å². The molecule has 0 saturated carbocycles. The summed E-state index contributed by atoms with van der Waals surface area (Å²) in [5.41, 5.74) is 0. The predicted molar refractivity (Wildman–Crippen MR) is 43.8 cm³/mol. The van der Waals surface area contributed by atoms with Crippen LogP contribution in [0.1, 0.15) is 19.8 Å². The Balaban J connectivity index is 3.47. The van der Waals surface area contributed by atoms with Crippen molar-refractivity contribution in [2.24, 2.45) is 5.92 Å². The van der Waals surface area contributed by atoms with Gasteiger partial charge in [-0.25, -0.2) is 0 Å². The van der Waals surface area contributed by atoms with E-state index in [-0.39, 0.29) is 24.9 Å². The highest BCUT2D eigenvalue weighted by Crippen LogP contribution is 2.04. The summed E-state index contributed by atoms with van der Waals surface area (Å²) >= 11 is 0. The molecule has 0 aromatic rings. The average molecular weight is 165 g/mol. The molecule has 0 rings (SSSR count). The van der Waals surface area contributed by atoms with Gasteiger partial charge in [-0.05, 0) is 13.3 Å². The molecular formula is C9H11NO2. The maximum atomic E-state index is 10.8. The molecule has 0 saturated heterocycles. The van der Waals surface area contributed by atoms with Crippen LogP contribution in [0.3, 0.4) is 0 Å². The third kappa shape index (κ3) is 5.32. The molecule has 3 heteroatoms. The zero-order chi connectivity index (χ0) is 9.40. The molecule has 12 heavy (non-hydrogen) atoms. The number of hydrogen-bond acceptors (Lipinski definition) is 3. The molecule has 3 nitrogen and oxygen atoms in total. The standard InChI is InChI=1S/C9H11NO2/c1-3-6-12-9(11)5-4-8(2)7-10/h1,8H,4-6H2,2H3. The van der Waals surface area contributed by atoms with Gasteiger partial charge in [-0.15, -0.1) is 6.42 Å². The average Bonchev–Trinajstić information content (AvgIpc) is 2.10. The van der Waals surface area contributed by atoms with E-state index in [1.807, 2.05) is 6.07 Å². The van der Waals surface area contributed by atoms with Crippen LogP contribution in [0.2, 0.25) is 0 Å². The van der Waals surface area contributed by atoms with E-state index in [0.29, 0.717) is 6.42 Å². The Morgan fingerprint density at radius 2 is 2.42 bits per heavy atom. The fourth-order valence-corrected chi connectivity index (χ4v) is 0.593. The SMILES string of the molecule is C#CCOC(=O)CCC(C)C#N. The van der Waals surface area contributed by atoms with Crippen LogP contribution in [0.25, 0.3) is 0 Å². The summed E-state index contributed by atoms with van der Waals surface area (Å²) in [6.07, 6.45) is 5.67. The summed E-state index contributed by atoms with van der Waals surface area (Å²) in [5, 5.41) is 8.39. The van der Waals surface area contributed by atoms with Gasteiger partial charge in [0, 0.05) is 12.3 Å². The van der Waals surface area contributed by atoms with Crippen LogP contribution >= 0.6 is 0 Å². The zero-order valence-electron chi connectivity index (χ0n) is 7.04. The monoisotopic (exact) mass is 165 g/mol. The predicted octanol–water partition coefficient (Wildman–Crippen LogP) is 1.10. The number of ether oxygens (including phenoxy) is 1. The van der Waals surface area contributed by atoms with Crippen molar-refractivity contribution in [1.82, 2.24) is 0 Å². The molecule has 0 N–H and O–H groups in total. The normalized spacial score (nSPS) is 10.9. The van der Waals surface area contributed by atoms with Gasteiger partial charge in [-0.1, -0.05) is 5.92 Å². The largest absolute Gasteiger partial charge is 0.452 e. The fraction of sp³-hybridized carbons (Fsp3) is 0.556. The van der Waals surface area contributed by atoms with Crippen molar-refractivity contribution in [1.29, 1.82) is 5.26 Å². The van der Waals surface area contributed by atoms with Gasteiger partial charge in [0.25, 0.3) is 0 Å². The third-order valence-electron chi connectivity index (χ3n) is 1.32. The zero-order valence-corrected chi connectivity index (χ0v) is 7.04. The maximum absolute atomic E-state index is 10.8. The second kappa shape index (κ2) is 6.24. The van der Waals surface area contributed by atoms with Crippen molar-refractivity contribution in [3.8, 4) is 18.4 Å². The Morgan fingerprint density at radius 3 is 2.92 bits per heavy atom. The Hall–Kier alpha value is -1.48. The van der Waals surface area contributed by atoms with E-state index >= 15 is 0 Å². The summed E-state index contributed by atoms with van der Waals surface area (Å²) in [6, 6.07) is 2.03. The van der Waals surface area contributed by atoms with Gasteiger partial charge >= 0.3 is 5.97 Å². The number of hydrogen-bond donors (Lipinski definition) is 0. The summed E-state index contributed by atoms with van der Waals surface area (Å²) < 4.78 is 4.60. The highest BCUT2D eigenvalue weighted by molar-refractivity contribution is 5.69. The number of esters is 1. The van der Waals surface area contributed by atoms with Gasteiger partial charge in [0.05, 0.1) is 6.07 Å². The number of rotatable bonds is 4. The number of terminal acetylenes is 1. The van der Waals surface area contributed by atoms with Gasteiger partial charge < -0.3 is 4.74 Å². The molecule has 64 valence electrons. The minimum atomic E-state index is -0.338. The first kappa shape index (κ1) is 10.5. The van der Waals surface area contributed by atoms with Crippen molar-refractivity contribution >= 4 is 5.97 Å². The molecule has 0 aliphatic rings. The van der Waals surface area contributed by atoms with E-state index in [1.165, 1.54) is 0 Å². The quantitative estimate of drug-likeness (QED) is 0.463. The van der Waals surface area contributed by atoms with Crippen LogP contribution < -0.4 is 0 Å². The minimum Gasteiger partial charge on any atom is -0.452 e. The molecule has 0 spiro atoms. The highest BCUT2D eigenvalue weighted by Gasteiger charge is 2.05. The van der Waals surface area contributed by atoms with E-state index in [1.54, 1.807) is 6.92 Å². The summed E-state index contributed by atoms with van der Waals surface area (Å²) in [4.78, 5) is 10.8. The van der Waals surface area contributed by atoms with Crippen molar-refractivity contribution in [3.63, 3.8) is 0 Å². The van der Waals surface area contributed by atoms with Crippen LogP contribution in [0.5, 0.6) is 0 Å². The number of carbonyl (C=O) groups is 1. The lowest BCUT2D eigenvalue weighted by molar-refractivity contribution is -0.142. The second-order valence-electron chi connectivity index (χ2n) is 2.43. The Labute approximate surface area is 72.3 Å². The lowest BCUT2D eigenvalue weighted by Gasteiger charge is -2.01. The Morgan fingerprint density at radius 1 is 1.75 bits per heavy atom. The molecule has 0 radical (unpaired) electrons. The van der Waals surface area contributed by atoms with Crippen LogP contribution in [0.15, 0.2) is 0 Å². The van der Waals surface area contributed by atoms with E-state index in [2.05, 4.69) is 10.7 Å². The van der Waals surface area contributed by atoms with E-state index in [9.17, 15) is 4.79 Å². The number of carbonyl (C=O) groups excluding carboxylic acids is 1. The van der Waals surface area contributed by atoms with Crippen LogP contribution in [0.4, 0.5) is 0 Å². The fourth-order valence-electron chi connectivity index (χ4n) is 0.593. The first-order valence-electron chi connectivity index (χ1n) is 3.69. The first-order valence-corrected chi connectivity index (χ1v) is 3.69. The molecule has 0 aromatic heterocycles. The molecule has 0 heterocycles. The van der Waals surface area contributed by atoms with Crippen LogP contribution in [-0.4, -0.2) is 12.6 Å². The molecule has 0 bridgehead atoms. The third-order valence-corrected chi connectivity index (χ3v) is 1.32. The van der Waals surface area contributed by atoms with Gasteiger partial charge in [0.1, 0.15) is 0 Å². The summed E-state index contributed by atoms with van der Waals surface area (Å²) in [7, 11) is 0. The minimum absolute atomic E-state index is 0.0137. The maximum Gasteiger partial charge on any atom is 0.306 e. The lowest BCUT2D eigenvalue weighted by Crippen LogP contribution is -2.06. The topological polar surface area (TPSA) is 50.1 Å². The van der Waals surface area contributed by atoms with Crippen LogP contribution in [-0.2, 0) is 9.53 Å². The highest BCUT2D eigenvalue weighted by atomic mass is 16.5. The molecular weight excluding hydrogens is 154 g/mol. The molecule has 0 aromatic carbocycles. The molecule has 0 amide bonds. The lowest BCUT2D eigenvalue weighted by atomic mass is 10.1. The van der Waals surface area contributed by atoms with Gasteiger partial charge in [0.15, 0.2) is 6.61 Å². The molecule has 0 aliphatic heterocycles. The summed E-state index contributed by atoms with van der Waals surface area (Å²) in [6.45, 7) is 1.77. The van der Waals surface area contributed by atoms with Crippen molar-refractivity contribution in [2.75, 3.05) is 6.61 Å². The van der Waals surface area contributed by atoms with Gasteiger partial charge in [-0.3, -0.25) is 4.79 Å². The Bertz CT molecular complexity index is 222. The van der Waals surface area contributed by atoms with E-state index in [4.69, 9.17) is 11.7 Å².